The van der Waals surface area contributed by atoms with Crippen LogP contribution >= 0.6 is 0 Å². The molecule has 2 aromatic rings. The number of carbonyl (C=O) groups is 2. The van der Waals surface area contributed by atoms with Crippen LogP contribution in [0.5, 0.6) is 0 Å². The molecule has 7 heteroatoms. The molecular weight excluding hydrogens is 274 g/mol. The number of nitrogens with zero attached hydrogens (tertiary/aromatic N) is 2. The molecule has 1 aliphatic heterocycles. The van der Waals surface area contributed by atoms with Gasteiger partial charge in [-0.1, -0.05) is 0 Å². The molecule has 0 aliphatic carbocycles. The number of oxazole rings is 1. The first-order valence-corrected chi connectivity index (χ1v) is 6.69. The molecule has 0 bridgehead atoms. The molecule has 110 valence electrons. The number of fused-ring (bicyclic) bond motifs is 1. The lowest BCUT2D eigenvalue weighted by molar-refractivity contribution is -0.119. The topological polar surface area (TPSA) is 95.7 Å². The number of hydrogen-bond donors (Lipinski definition) is 2. The van der Waals surface area contributed by atoms with E-state index in [0.29, 0.717) is 23.7 Å². The first kappa shape index (κ1) is 13.4. The van der Waals surface area contributed by atoms with E-state index in [0.717, 1.165) is 13.0 Å². The number of rotatable bonds is 3. The maximum Gasteiger partial charge on any atom is 0.335 e. The zero-order chi connectivity index (χ0) is 15.0. The van der Waals surface area contributed by atoms with Crippen molar-refractivity contribution in [3.63, 3.8) is 0 Å². The van der Waals surface area contributed by atoms with Crippen LogP contribution in [0.1, 0.15) is 23.7 Å². The monoisotopic (exact) mass is 289 g/mol. The van der Waals surface area contributed by atoms with Crippen LogP contribution in [-0.4, -0.2) is 41.1 Å². The van der Waals surface area contributed by atoms with Gasteiger partial charge in [0.25, 0.3) is 6.01 Å². The highest BCUT2D eigenvalue weighted by atomic mass is 16.4. The van der Waals surface area contributed by atoms with Crippen LogP contribution < -0.4 is 10.2 Å². The summed E-state index contributed by atoms with van der Waals surface area (Å²) in [5.41, 5.74) is 1.24. The Balaban J connectivity index is 1.82. The van der Waals surface area contributed by atoms with Crippen LogP contribution in [0, 0.1) is 0 Å². The zero-order valence-electron chi connectivity index (χ0n) is 11.5. The van der Waals surface area contributed by atoms with Gasteiger partial charge in [0.2, 0.25) is 5.91 Å². The molecule has 0 radical (unpaired) electrons. The highest BCUT2D eigenvalue weighted by Gasteiger charge is 2.26. The lowest BCUT2D eigenvalue weighted by Crippen LogP contribution is -2.35. The molecule has 1 aromatic heterocycles. The van der Waals surface area contributed by atoms with Gasteiger partial charge in [-0.3, -0.25) is 4.79 Å². The molecule has 21 heavy (non-hydrogen) atoms. The molecule has 1 atom stereocenters. The third kappa shape index (κ3) is 2.67. The summed E-state index contributed by atoms with van der Waals surface area (Å²) in [6, 6.07) is 5.15. The van der Waals surface area contributed by atoms with Crippen LogP contribution in [0.3, 0.4) is 0 Å². The van der Waals surface area contributed by atoms with Crippen molar-refractivity contribution in [3.05, 3.63) is 23.8 Å². The fraction of sp³-hybridized carbons (Fsp3) is 0.357. The van der Waals surface area contributed by atoms with E-state index in [1.165, 1.54) is 19.1 Å². The summed E-state index contributed by atoms with van der Waals surface area (Å²) in [5, 5.41) is 11.8. The number of benzene rings is 1. The van der Waals surface area contributed by atoms with Gasteiger partial charge in [-0.2, -0.15) is 4.98 Å². The molecule has 7 nitrogen and oxygen atoms in total. The van der Waals surface area contributed by atoms with E-state index in [1.807, 2.05) is 4.90 Å². The maximum atomic E-state index is 11.1. The summed E-state index contributed by atoms with van der Waals surface area (Å²) in [6.45, 7) is 2.87. The summed E-state index contributed by atoms with van der Waals surface area (Å²) in [6.07, 6.45) is 0.832. The third-order valence-corrected chi connectivity index (χ3v) is 3.49. The number of carboxylic acid groups (broad SMARTS) is 1. The average molecular weight is 289 g/mol. The number of nitrogens with one attached hydrogen (secondary N) is 1. The predicted octanol–water partition coefficient (Wildman–Crippen LogP) is 1.24. The molecule has 0 saturated carbocycles. The van der Waals surface area contributed by atoms with Crippen molar-refractivity contribution in [1.29, 1.82) is 0 Å². The van der Waals surface area contributed by atoms with Crippen LogP contribution in [0.4, 0.5) is 6.01 Å². The third-order valence-electron chi connectivity index (χ3n) is 3.49. The van der Waals surface area contributed by atoms with E-state index >= 15 is 0 Å². The Bertz CT molecular complexity index is 709. The van der Waals surface area contributed by atoms with Crippen molar-refractivity contribution < 1.29 is 19.1 Å². The second kappa shape index (κ2) is 5.08. The molecule has 1 saturated heterocycles. The van der Waals surface area contributed by atoms with Gasteiger partial charge in [-0.15, -0.1) is 0 Å². The molecule has 1 unspecified atom stereocenters. The Hall–Kier alpha value is -2.57. The first-order chi connectivity index (χ1) is 10.0. The fourth-order valence-electron chi connectivity index (χ4n) is 2.52. The molecule has 1 aliphatic rings. The van der Waals surface area contributed by atoms with E-state index in [9.17, 15) is 9.59 Å². The Kier molecular flexibility index (Phi) is 3.25. The van der Waals surface area contributed by atoms with Gasteiger partial charge in [0, 0.05) is 26.1 Å². The second-order valence-electron chi connectivity index (χ2n) is 5.12. The van der Waals surface area contributed by atoms with Gasteiger partial charge in [-0.05, 0) is 24.6 Å². The Morgan fingerprint density at radius 3 is 3.00 bits per heavy atom. The fourth-order valence-corrected chi connectivity index (χ4v) is 2.52. The molecule has 0 spiro atoms. The molecule has 3 rings (SSSR count). The number of carboxylic acids is 1. The van der Waals surface area contributed by atoms with E-state index in [-0.39, 0.29) is 17.5 Å². The lowest BCUT2D eigenvalue weighted by Gasteiger charge is -2.13. The first-order valence-electron chi connectivity index (χ1n) is 6.69. The molecule has 2 heterocycles. The van der Waals surface area contributed by atoms with Crippen LogP contribution in [0.2, 0.25) is 0 Å². The van der Waals surface area contributed by atoms with E-state index in [2.05, 4.69) is 10.3 Å². The summed E-state index contributed by atoms with van der Waals surface area (Å²) >= 11 is 0. The minimum atomic E-state index is -0.998. The zero-order valence-corrected chi connectivity index (χ0v) is 11.5. The minimum Gasteiger partial charge on any atom is -0.478 e. The molecule has 2 N–H and O–H groups in total. The number of carbonyl (C=O) groups excluding carboxylic acids is 1. The van der Waals surface area contributed by atoms with Crippen molar-refractivity contribution in [2.45, 2.75) is 19.4 Å². The largest absolute Gasteiger partial charge is 0.478 e. The molecular formula is C14H15N3O4. The van der Waals surface area contributed by atoms with Gasteiger partial charge < -0.3 is 19.7 Å². The van der Waals surface area contributed by atoms with Gasteiger partial charge in [0.1, 0.15) is 5.52 Å². The highest BCUT2D eigenvalue weighted by molar-refractivity contribution is 5.92. The summed E-state index contributed by atoms with van der Waals surface area (Å²) < 4.78 is 5.63. The van der Waals surface area contributed by atoms with E-state index in [4.69, 9.17) is 9.52 Å². The number of hydrogen-bond acceptors (Lipinski definition) is 5. The van der Waals surface area contributed by atoms with Crippen LogP contribution in [0.15, 0.2) is 22.6 Å². The maximum absolute atomic E-state index is 11.1. The normalized spacial score (nSPS) is 18.1. The molecule has 1 aromatic carbocycles. The average Bonchev–Trinajstić information content (AvgIpc) is 3.02. The Morgan fingerprint density at radius 1 is 1.48 bits per heavy atom. The summed E-state index contributed by atoms with van der Waals surface area (Å²) in [7, 11) is 0. The SMILES string of the molecule is CC(=O)NC1CCN(c2nc3ccc(C(=O)O)cc3o2)C1. The summed E-state index contributed by atoms with van der Waals surface area (Å²) in [4.78, 5) is 28.3. The van der Waals surface area contributed by atoms with E-state index in [1.54, 1.807) is 6.07 Å². The lowest BCUT2D eigenvalue weighted by atomic mass is 10.2. The number of aromatic carboxylic acids is 1. The van der Waals surface area contributed by atoms with Crippen LogP contribution in [0.25, 0.3) is 11.1 Å². The molecule has 1 fully saturated rings. The van der Waals surface area contributed by atoms with Crippen molar-refractivity contribution >= 4 is 29.0 Å². The smallest absolute Gasteiger partial charge is 0.335 e. The van der Waals surface area contributed by atoms with Crippen molar-refractivity contribution in [1.82, 2.24) is 10.3 Å². The van der Waals surface area contributed by atoms with Crippen molar-refractivity contribution in [2.75, 3.05) is 18.0 Å². The number of aromatic nitrogens is 1. The van der Waals surface area contributed by atoms with Gasteiger partial charge >= 0.3 is 5.97 Å². The van der Waals surface area contributed by atoms with Crippen molar-refractivity contribution in [2.24, 2.45) is 0 Å². The highest BCUT2D eigenvalue weighted by Crippen LogP contribution is 2.25. The predicted molar refractivity (Wildman–Crippen MR) is 75.4 cm³/mol. The van der Waals surface area contributed by atoms with Crippen LogP contribution in [-0.2, 0) is 4.79 Å². The number of anilines is 1. The van der Waals surface area contributed by atoms with Gasteiger partial charge in [-0.25, -0.2) is 4.79 Å². The molecule has 1 amide bonds. The Labute approximate surface area is 120 Å². The van der Waals surface area contributed by atoms with Gasteiger partial charge in [0.05, 0.1) is 5.56 Å². The number of amides is 1. The standard InChI is InChI=1S/C14H15N3O4/c1-8(18)15-10-4-5-17(7-10)14-16-11-3-2-9(13(19)20)6-12(11)21-14/h2-3,6,10H,4-5,7H2,1H3,(H,15,18)(H,19,20). The minimum absolute atomic E-state index is 0.0504. The van der Waals surface area contributed by atoms with E-state index < -0.39 is 5.97 Å². The van der Waals surface area contributed by atoms with Gasteiger partial charge in [0.15, 0.2) is 5.58 Å². The summed E-state index contributed by atoms with van der Waals surface area (Å²) in [5.74, 6) is -1.05. The second-order valence-corrected chi connectivity index (χ2v) is 5.12. The Morgan fingerprint density at radius 2 is 2.29 bits per heavy atom. The quantitative estimate of drug-likeness (QED) is 0.882. The van der Waals surface area contributed by atoms with Crippen molar-refractivity contribution in [3.8, 4) is 0 Å².